The third-order valence-electron chi connectivity index (χ3n) is 8.81. The van der Waals surface area contributed by atoms with Crippen LogP contribution >= 0.6 is 0 Å². The number of nitrogens with zero attached hydrogens (tertiary/aromatic N) is 3. The summed E-state index contributed by atoms with van der Waals surface area (Å²) < 4.78 is 0. The van der Waals surface area contributed by atoms with Crippen molar-refractivity contribution in [3.05, 3.63) is 89.0 Å². The summed E-state index contributed by atoms with van der Waals surface area (Å²) in [6.07, 6.45) is 31.6. The van der Waals surface area contributed by atoms with Crippen molar-refractivity contribution in [3.8, 4) is 0 Å². The van der Waals surface area contributed by atoms with Gasteiger partial charge in [0.25, 0.3) is 0 Å². The maximum atomic E-state index is 5.12. The number of H-pyrrole nitrogens is 2. The molecule has 44 heavy (non-hydrogen) atoms. The standard InChI is InChI=1S/C39H47N5/c1-2-3-4-5-6-7-8-9-10-11-12-14-25-44-26-15-13-16-38(44)39-36-23-21-34(42-36)28-32-19-17-30(40-32)27-31-18-20-33(41-31)29-35-22-24-37(39)43-35/h13,15-24,27-29,40,43H,2-12,14,25-26H2,1H3. The third kappa shape index (κ3) is 7.88. The van der Waals surface area contributed by atoms with E-state index in [1.807, 2.05) is 0 Å². The van der Waals surface area contributed by atoms with Gasteiger partial charge in [-0.3, -0.25) is 0 Å². The lowest BCUT2D eigenvalue weighted by Crippen LogP contribution is -2.25. The summed E-state index contributed by atoms with van der Waals surface area (Å²) in [4.78, 5) is 19.6. The number of hydrogen-bond acceptors (Lipinski definition) is 3. The van der Waals surface area contributed by atoms with Crippen LogP contribution in [-0.4, -0.2) is 37.9 Å². The van der Waals surface area contributed by atoms with Crippen LogP contribution in [0, 0.1) is 0 Å². The van der Waals surface area contributed by atoms with Gasteiger partial charge >= 0.3 is 0 Å². The van der Waals surface area contributed by atoms with Crippen molar-refractivity contribution in [2.45, 2.75) is 84.0 Å². The molecule has 2 N–H and O–H groups in total. The van der Waals surface area contributed by atoms with Crippen LogP contribution in [0.3, 0.4) is 0 Å². The molecule has 0 aromatic carbocycles. The fourth-order valence-electron chi connectivity index (χ4n) is 6.43. The van der Waals surface area contributed by atoms with Gasteiger partial charge in [0.15, 0.2) is 0 Å². The van der Waals surface area contributed by atoms with Crippen molar-refractivity contribution in [1.29, 1.82) is 0 Å². The highest BCUT2D eigenvalue weighted by molar-refractivity contribution is 5.88. The van der Waals surface area contributed by atoms with E-state index < -0.39 is 0 Å². The van der Waals surface area contributed by atoms with Gasteiger partial charge in [-0.05, 0) is 79.3 Å². The normalized spacial score (nSPS) is 14.0. The van der Waals surface area contributed by atoms with Gasteiger partial charge in [-0.1, -0.05) is 89.7 Å². The maximum Gasteiger partial charge on any atom is 0.0751 e. The number of rotatable bonds is 14. The Kier molecular flexibility index (Phi) is 10.2. The summed E-state index contributed by atoms with van der Waals surface area (Å²) in [5, 5.41) is 0. The van der Waals surface area contributed by atoms with Crippen molar-refractivity contribution in [2.75, 3.05) is 13.1 Å². The summed E-state index contributed by atoms with van der Waals surface area (Å²) >= 11 is 0. The average molecular weight is 586 g/mol. The Morgan fingerprint density at radius 3 is 1.89 bits per heavy atom. The first-order valence-electron chi connectivity index (χ1n) is 16.9. The molecule has 6 rings (SSSR count). The number of nitrogens with one attached hydrogen (secondary N) is 2. The van der Waals surface area contributed by atoms with Gasteiger partial charge < -0.3 is 14.9 Å². The van der Waals surface area contributed by atoms with Crippen molar-refractivity contribution in [2.24, 2.45) is 0 Å². The molecule has 0 aliphatic carbocycles. The Bertz CT molecular complexity index is 1700. The number of unbranched alkanes of at least 4 members (excludes halogenated alkanes) is 11. The molecule has 0 radical (unpaired) electrons. The number of allylic oxidation sites excluding steroid dienone is 2. The van der Waals surface area contributed by atoms with Crippen LogP contribution in [0.4, 0.5) is 0 Å². The molecule has 0 saturated heterocycles. The van der Waals surface area contributed by atoms with Crippen LogP contribution in [0.1, 0.15) is 112 Å². The second-order valence-corrected chi connectivity index (χ2v) is 12.4. The minimum atomic E-state index is 0.925. The van der Waals surface area contributed by atoms with Crippen LogP contribution in [0.5, 0.6) is 0 Å². The highest BCUT2D eigenvalue weighted by Crippen LogP contribution is 2.31. The number of fused-ring (bicyclic) bond motifs is 8. The molecule has 3 aliphatic rings. The van der Waals surface area contributed by atoms with Crippen LogP contribution < -0.4 is 0 Å². The molecule has 5 nitrogen and oxygen atoms in total. The highest BCUT2D eigenvalue weighted by atomic mass is 15.1. The van der Waals surface area contributed by atoms with E-state index in [9.17, 15) is 0 Å². The molecule has 3 aromatic rings. The largest absolute Gasteiger partial charge is 0.367 e. The van der Waals surface area contributed by atoms with E-state index >= 15 is 0 Å². The molecule has 6 heterocycles. The minimum Gasteiger partial charge on any atom is -0.367 e. The average Bonchev–Trinajstić information content (AvgIpc) is 3.85. The summed E-state index contributed by atoms with van der Waals surface area (Å²) in [6.45, 7) is 4.27. The third-order valence-corrected chi connectivity index (χ3v) is 8.81. The fourth-order valence-corrected chi connectivity index (χ4v) is 6.43. The SMILES string of the molecule is CCCCCCCCCCCCCCN1CC=CC=C1c1c2nc(cc3ccc(cc4nc(cc5ccc1[nH]5)C=C4)[nH]3)C=C2. The van der Waals surface area contributed by atoms with Crippen LogP contribution in [0.2, 0.25) is 0 Å². The molecule has 0 fully saturated rings. The Hall–Kier alpha value is -4.12. The van der Waals surface area contributed by atoms with E-state index in [1.165, 1.54) is 82.7 Å². The summed E-state index contributed by atoms with van der Waals surface area (Å²) in [7, 11) is 0. The molecule has 0 atom stereocenters. The van der Waals surface area contributed by atoms with Crippen LogP contribution in [0.15, 0.2) is 60.7 Å². The highest BCUT2D eigenvalue weighted by Gasteiger charge is 2.19. The first kappa shape index (κ1) is 29.9. The predicted octanol–water partition coefficient (Wildman–Crippen LogP) is 10.6. The van der Waals surface area contributed by atoms with Crippen molar-refractivity contribution in [1.82, 2.24) is 24.8 Å². The van der Waals surface area contributed by atoms with Gasteiger partial charge in [0.2, 0.25) is 0 Å². The van der Waals surface area contributed by atoms with Gasteiger partial charge in [0.1, 0.15) is 0 Å². The maximum absolute atomic E-state index is 5.12. The lowest BCUT2D eigenvalue weighted by atomic mass is 10.0. The number of aromatic amines is 2. The predicted molar refractivity (Wildman–Crippen MR) is 189 cm³/mol. The van der Waals surface area contributed by atoms with E-state index in [4.69, 9.17) is 9.97 Å². The zero-order chi connectivity index (χ0) is 30.0. The Balaban J connectivity index is 1.20. The van der Waals surface area contributed by atoms with E-state index in [1.54, 1.807) is 0 Å². The summed E-state index contributed by atoms with van der Waals surface area (Å²) in [5.41, 5.74) is 10.4. The molecule has 8 bridgehead atoms. The smallest absolute Gasteiger partial charge is 0.0751 e. The van der Waals surface area contributed by atoms with Gasteiger partial charge in [0, 0.05) is 40.9 Å². The molecule has 228 valence electrons. The minimum absolute atomic E-state index is 0.925. The summed E-state index contributed by atoms with van der Waals surface area (Å²) in [6, 6.07) is 14.8. The number of aromatic nitrogens is 4. The Morgan fingerprint density at radius 2 is 1.20 bits per heavy atom. The van der Waals surface area contributed by atoms with Gasteiger partial charge in [-0.15, -0.1) is 0 Å². The topological polar surface area (TPSA) is 60.6 Å². The molecule has 5 heteroatoms. The van der Waals surface area contributed by atoms with Crippen LogP contribution in [-0.2, 0) is 0 Å². The second kappa shape index (κ2) is 15.1. The van der Waals surface area contributed by atoms with Crippen molar-refractivity contribution >= 4 is 52.1 Å². The van der Waals surface area contributed by atoms with E-state index in [2.05, 4.69) is 107 Å². The zero-order valence-electron chi connectivity index (χ0n) is 26.3. The van der Waals surface area contributed by atoms with Gasteiger partial charge in [0.05, 0.1) is 28.3 Å². The monoisotopic (exact) mass is 585 g/mol. The lowest BCUT2D eigenvalue weighted by molar-refractivity contribution is 0.411. The zero-order valence-corrected chi connectivity index (χ0v) is 26.3. The molecular formula is C39H47N5. The van der Waals surface area contributed by atoms with Crippen molar-refractivity contribution < 1.29 is 0 Å². The number of hydrogen-bond donors (Lipinski definition) is 2. The second-order valence-electron chi connectivity index (χ2n) is 12.4. The first-order chi connectivity index (χ1) is 21.7. The quantitative estimate of drug-likeness (QED) is 0.127. The lowest BCUT2D eigenvalue weighted by Gasteiger charge is -2.29. The molecule has 0 unspecified atom stereocenters. The summed E-state index contributed by atoms with van der Waals surface area (Å²) in [5.74, 6) is 0. The Labute approximate surface area is 262 Å². The van der Waals surface area contributed by atoms with E-state index in [0.29, 0.717) is 0 Å². The van der Waals surface area contributed by atoms with Gasteiger partial charge in [-0.25, -0.2) is 9.97 Å². The van der Waals surface area contributed by atoms with Crippen molar-refractivity contribution in [3.63, 3.8) is 0 Å². The molecule has 3 aromatic heterocycles. The van der Waals surface area contributed by atoms with Gasteiger partial charge in [-0.2, -0.15) is 0 Å². The molecular weight excluding hydrogens is 538 g/mol. The molecule has 0 saturated carbocycles. The fraction of sp³-hybridized carbons (Fsp3) is 0.385. The van der Waals surface area contributed by atoms with E-state index in [-0.39, 0.29) is 0 Å². The van der Waals surface area contributed by atoms with E-state index in [0.717, 1.165) is 63.5 Å². The molecule has 0 spiro atoms. The van der Waals surface area contributed by atoms with Crippen LogP contribution in [0.25, 0.3) is 52.1 Å². The molecule has 3 aliphatic heterocycles. The first-order valence-corrected chi connectivity index (χ1v) is 16.9. The molecule has 0 amide bonds. The Morgan fingerprint density at radius 1 is 0.636 bits per heavy atom.